The van der Waals surface area contributed by atoms with Gasteiger partial charge in [0.25, 0.3) is 0 Å². The smallest absolute Gasteiger partial charge is 0.142 e. The van der Waals surface area contributed by atoms with E-state index in [-0.39, 0.29) is 5.82 Å². The van der Waals surface area contributed by atoms with E-state index >= 15 is 0 Å². The summed E-state index contributed by atoms with van der Waals surface area (Å²) in [5, 5.41) is 8.65. The zero-order chi connectivity index (χ0) is 12.6. The summed E-state index contributed by atoms with van der Waals surface area (Å²) in [5.41, 5.74) is 7.30. The monoisotopic (exact) mass is 252 g/mol. The highest BCUT2D eigenvalue weighted by atomic mass is 31.1. The molecule has 4 nitrogen and oxygen atoms in total. The van der Waals surface area contributed by atoms with Crippen LogP contribution in [0.1, 0.15) is 0 Å². The Morgan fingerprint density at radius 3 is 2.59 bits per heavy atom. The number of hydrogen-bond acceptors (Lipinski definition) is 3. The first-order valence-electron chi connectivity index (χ1n) is 5.12. The first-order valence-corrected chi connectivity index (χ1v) is 7.36. The number of anilines is 1. The van der Waals surface area contributed by atoms with Gasteiger partial charge in [-0.15, -0.1) is 0 Å². The lowest BCUT2D eigenvalue weighted by atomic mass is 10.1. The Morgan fingerprint density at radius 2 is 2.06 bits per heavy atom. The van der Waals surface area contributed by atoms with Crippen LogP contribution in [0.2, 0.25) is 0 Å². The van der Waals surface area contributed by atoms with Crippen molar-refractivity contribution in [2.24, 2.45) is 7.05 Å². The Balaban J connectivity index is 2.60. The molecule has 6 heteroatoms. The highest BCUT2D eigenvalue weighted by Gasteiger charge is 2.17. The van der Waals surface area contributed by atoms with E-state index in [4.69, 9.17) is 5.73 Å². The molecule has 17 heavy (non-hydrogen) atoms. The molecule has 2 aromatic rings. The summed E-state index contributed by atoms with van der Waals surface area (Å²) < 4.78 is 14.3. The Hall–Kier alpha value is -1.48. The molecule has 0 unspecified atom stereocenters. The molecule has 0 fully saturated rings. The van der Waals surface area contributed by atoms with Gasteiger partial charge in [-0.2, -0.15) is 15.0 Å². The molecule has 0 atom stereocenters. The third-order valence-electron chi connectivity index (χ3n) is 2.47. The highest BCUT2D eigenvalue weighted by molar-refractivity contribution is 7.64. The summed E-state index contributed by atoms with van der Waals surface area (Å²) in [6.07, 6.45) is 1.55. The molecule has 2 N–H and O–H groups in total. The van der Waals surface area contributed by atoms with Crippen LogP contribution in [-0.4, -0.2) is 28.3 Å². The van der Waals surface area contributed by atoms with E-state index in [0.717, 1.165) is 0 Å². The normalized spacial score (nSPS) is 11.1. The van der Waals surface area contributed by atoms with Gasteiger partial charge in [-0.25, -0.2) is 4.39 Å². The fourth-order valence-corrected chi connectivity index (χ4v) is 2.81. The maximum Gasteiger partial charge on any atom is 0.142 e. The summed E-state index contributed by atoms with van der Waals surface area (Å²) >= 11 is 0. The molecule has 2 rings (SSSR count). The van der Waals surface area contributed by atoms with Crippen LogP contribution in [-0.2, 0) is 7.05 Å². The minimum Gasteiger partial charge on any atom is -0.398 e. The van der Waals surface area contributed by atoms with Crippen molar-refractivity contribution in [3.8, 4) is 11.3 Å². The fraction of sp³-hybridized carbons (Fsp3) is 0.273. The van der Waals surface area contributed by atoms with Gasteiger partial charge in [-0.1, -0.05) is 7.92 Å². The van der Waals surface area contributed by atoms with Gasteiger partial charge in [-0.05, 0) is 25.5 Å². The van der Waals surface area contributed by atoms with E-state index in [1.807, 2.05) is 13.3 Å². The lowest BCUT2D eigenvalue weighted by Crippen LogP contribution is -2.13. The molecule has 0 aliphatic rings. The first kappa shape index (κ1) is 12.0. The van der Waals surface area contributed by atoms with Crippen LogP contribution in [0.3, 0.4) is 0 Å². The SMILES string of the molecule is Cn1ncc(-c2ccc(N)c(P(C)C)c2F)n1. The summed E-state index contributed by atoms with van der Waals surface area (Å²) in [4.78, 5) is 1.41. The average molecular weight is 252 g/mol. The second-order valence-electron chi connectivity index (χ2n) is 3.98. The zero-order valence-electron chi connectivity index (χ0n) is 9.98. The van der Waals surface area contributed by atoms with Crippen molar-refractivity contribution in [3.63, 3.8) is 0 Å². The summed E-state index contributed by atoms with van der Waals surface area (Å²) in [6, 6.07) is 3.38. The molecule has 1 heterocycles. The Labute approximate surface area is 100 Å². The molecule has 1 aromatic heterocycles. The van der Waals surface area contributed by atoms with Crippen molar-refractivity contribution in [1.29, 1.82) is 0 Å². The first-order chi connectivity index (χ1) is 8.00. The number of halogens is 1. The van der Waals surface area contributed by atoms with E-state index in [1.54, 1.807) is 25.4 Å². The molecule has 0 aliphatic heterocycles. The van der Waals surface area contributed by atoms with E-state index in [0.29, 0.717) is 22.2 Å². The molecule has 0 spiro atoms. The van der Waals surface area contributed by atoms with Gasteiger partial charge in [-0.3, -0.25) is 0 Å². The lowest BCUT2D eigenvalue weighted by Gasteiger charge is -2.13. The van der Waals surface area contributed by atoms with Crippen molar-refractivity contribution in [1.82, 2.24) is 15.0 Å². The summed E-state index contributed by atoms with van der Waals surface area (Å²) in [7, 11) is 1.11. The standard InChI is InChI=1S/C11H14FN4P/c1-16-14-6-9(15-16)7-4-5-8(13)11(10(7)12)17(2)3/h4-6H,13H2,1-3H3. The van der Waals surface area contributed by atoms with Crippen LogP contribution in [0.25, 0.3) is 11.3 Å². The van der Waals surface area contributed by atoms with Crippen molar-refractivity contribution >= 4 is 18.9 Å². The van der Waals surface area contributed by atoms with Crippen molar-refractivity contribution in [2.45, 2.75) is 0 Å². The Bertz CT molecular complexity index is 550. The minimum absolute atomic E-state index is 0.276. The number of nitrogens with two attached hydrogens (primary N) is 1. The topological polar surface area (TPSA) is 56.7 Å². The van der Waals surface area contributed by atoms with Crippen LogP contribution >= 0.6 is 7.92 Å². The second-order valence-corrected chi connectivity index (χ2v) is 6.21. The third-order valence-corrected chi connectivity index (χ3v) is 3.82. The van der Waals surface area contributed by atoms with Crippen LogP contribution in [0.4, 0.5) is 10.1 Å². The molecule has 0 amide bonds. The van der Waals surface area contributed by atoms with Crippen molar-refractivity contribution in [3.05, 3.63) is 24.1 Å². The zero-order valence-corrected chi connectivity index (χ0v) is 10.9. The van der Waals surface area contributed by atoms with Gasteiger partial charge in [0.1, 0.15) is 11.5 Å². The number of rotatable bonds is 2. The number of hydrogen-bond donors (Lipinski definition) is 1. The quantitative estimate of drug-likeness (QED) is 0.652. The van der Waals surface area contributed by atoms with Gasteiger partial charge in [0.2, 0.25) is 0 Å². The third kappa shape index (κ3) is 2.15. The molecule has 0 radical (unpaired) electrons. The summed E-state index contributed by atoms with van der Waals surface area (Å²) in [6.45, 7) is 3.95. The van der Waals surface area contributed by atoms with E-state index < -0.39 is 7.92 Å². The Morgan fingerprint density at radius 1 is 1.35 bits per heavy atom. The lowest BCUT2D eigenvalue weighted by molar-refractivity contribution is 0.635. The molecule has 0 saturated carbocycles. The minimum atomic E-state index is -0.592. The predicted octanol–water partition coefficient (Wildman–Crippen LogP) is 1.57. The van der Waals surface area contributed by atoms with E-state index in [1.165, 1.54) is 4.80 Å². The Kier molecular flexibility index (Phi) is 3.11. The van der Waals surface area contributed by atoms with Crippen molar-refractivity contribution in [2.75, 3.05) is 19.1 Å². The molecule has 90 valence electrons. The maximum atomic E-state index is 14.3. The van der Waals surface area contributed by atoms with Gasteiger partial charge >= 0.3 is 0 Å². The van der Waals surface area contributed by atoms with E-state index in [2.05, 4.69) is 10.2 Å². The molecule has 0 bridgehead atoms. The maximum absolute atomic E-state index is 14.3. The molecular formula is C11H14FN4P. The fourth-order valence-electron chi connectivity index (χ4n) is 1.70. The molecular weight excluding hydrogens is 238 g/mol. The molecule has 1 aromatic carbocycles. The van der Waals surface area contributed by atoms with Crippen LogP contribution in [0.5, 0.6) is 0 Å². The summed E-state index contributed by atoms with van der Waals surface area (Å²) in [5.74, 6) is -0.276. The molecule has 0 saturated heterocycles. The average Bonchev–Trinajstić information content (AvgIpc) is 2.64. The van der Waals surface area contributed by atoms with Gasteiger partial charge in [0.15, 0.2) is 0 Å². The van der Waals surface area contributed by atoms with Crippen LogP contribution < -0.4 is 11.0 Å². The van der Waals surface area contributed by atoms with Crippen molar-refractivity contribution < 1.29 is 4.39 Å². The number of nitrogens with zero attached hydrogens (tertiary/aromatic N) is 3. The molecule has 0 aliphatic carbocycles. The van der Waals surface area contributed by atoms with Gasteiger partial charge in [0.05, 0.1) is 6.20 Å². The van der Waals surface area contributed by atoms with Gasteiger partial charge < -0.3 is 5.73 Å². The highest BCUT2D eigenvalue weighted by Crippen LogP contribution is 2.32. The number of aromatic nitrogens is 3. The largest absolute Gasteiger partial charge is 0.398 e. The number of nitrogen functional groups attached to an aromatic ring is 1. The van der Waals surface area contributed by atoms with Gasteiger partial charge in [0, 0.05) is 23.6 Å². The van der Waals surface area contributed by atoms with Crippen LogP contribution in [0, 0.1) is 5.82 Å². The van der Waals surface area contributed by atoms with E-state index in [9.17, 15) is 4.39 Å². The predicted molar refractivity (Wildman–Crippen MR) is 69.2 cm³/mol. The number of benzene rings is 1. The second kappa shape index (κ2) is 4.41. The van der Waals surface area contributed by atoms with Crippen LogP contribution in [0.15, 0.2) is 18.3 Å². The number of aryl methyl sites for hydroxylation is 1.